The number of nitrogens with zero attached hydrogens (tertiary/aromatic N) is 1. The van der Waals surface area contributed by atoms with Crippen LogP contribution in [0.25, 0.3) is 0 Å². The zero-order chi connectivity index (χ0) is 16.8. The molecule has 0 rings (SSSR count). The molecule has 132 valence electrons. The van der Waals surface area contributed by atoms with Gasteiger partial charge in [-0.15, -0.1) is 0 Å². The number of rotatable bonds is 15. The van der Waals surface area contributed by atoms with Crippen LogP contribution >= 0.6 is 7.75 Å². The normalized spacial score (nSPS) is 12.0. The second kappa shape index (κ2) is 13.0. The summed E-state index contributed by atoms with van der Waals surface area (Å²) in [4.78, 5) is 34.2. The Hall–Kier alpha value is -0.460. The number of carbonyl (C=O) groups is 1. The first-order valence-electron chi connectivity index (χ1n) is 8.06. The standard InChI is InChI=1S/C14H30NO6P/c1-2-21-15(22(18,19)20)13-11-9-7-5-3-4-6-8-10-12-14(16)17/h2-13H2,1H3,(H,16,17)(H2,18,19,20). The van der Waals surface area contributed by atoms with E-state index in [1.807, 2.05) is 0 Å². The lowest BCUT2D eigenvalue weighted by Crippen LogP contribution is -2.22. The maximum atomic E-state index is 11.1. The third kappa shape index (κ3) is 13.2. The summed E-state index contributed by atoms with van der Waals surface area (Å²) in [6, 6.07) is 0. The Morgan fingerprint density at radius 3 is 1.82 bits per heavy atom. The summed E-state index contributed by atoms with van der Waals surface area (Å²) in [5.41, 5.74) is 0. The fraction of sp³-hybridized carbons (Fsp3) is 0.929. The lowest BCUT2D eigenvalue weighted by molar-refractivity contribution is -0.137. The fourth-order valence-electron chi connectivity index (χ4n) is 2.18. The molecule has 0 fully saturated rings. The maximum absolute atomic E-state index is 11.1. The van der Waals surface area contributed by atoms with E-state index in [0.29, 0.717) is 6.42 Å². The number of hydrogen-bond acceptors (Lipinski definition) is 3. The highest BCUT2D eigenvalue weighted by Gasteiger charge is 2.25. The molecule has 0 unspecified atom stereocenters. The Bertz CT molecular complexity index is 333. The number of carboxylic acid groups (broad SMARTS) is 1. The molecule has 7 nitrogen and oxygen atoms in total. The first-order chi connectivity index (χ1) is 10.4. The van der Waals surface area contributed by atoms with Gasteiger partial charge in [-0.2, -0.15) is 0 Å². The van der Waals surface area contributed by atoms with Crippen molar-refractivity contribution >= 4 is 13.7 Å². The van der Waals surface area contributed by atoms with Crippen LogP contribution in [0.4, 0.5) is 0 Å². The van der Waals surface area contributed by atoms with Crippen molar-refractivity contribution in [3.05, 3.63) is 0 Å². The molecule has 0 aromatic carbocycles. The number of unbranched alkanes of at least 4 members (excludes halogenated alkanes) is 8. The van der Waals surface area contributed by atoms with Crippen molar-refractivity contribution in [2.24, 2.45) is 0 Å². The number of aliphatic carboxylic acids is 1. The molecule has 0 aliphatic heterocycles. The van der Waals surface area contributed by atoms with E-state index >= 15 is 0 Å². The fourth-order valence-corrected chi connectivity index (χ4v) is 2.85. The molecule has 0 amide bonds. The van der Waals surface area contributed by atoms with Gasteiger partial charge < -0.3 is 14.9 Å². The number of hydrogen-bond donors (Lipinski definition) is 3. The molecule has 0 radical (unpaired) electrons. The van der Waals surface area contributed by atoms with Gasteiger partial charge in [0.05, 0.1) is 6.61 Å². The molecule has 0 bridgehead atoms. The molecule has 22 heavy (non-hydrogen) atoms. The van der Waals surface area contributed by atoms with Crippen LogP contribution in [0.3, 0.4) is 0 Å². The molecule has 0 saturated heterocycles. The van der Waals surface area contributed by atoms with Crippen molar-refractivity contribution in [3.63, 3.8) is 0 Å². The SMILES string of the molecule is CCON(CCCCCCCCCCCC(=O)O)P(=O)(O)O. The van der Waals surface area contributed by atoms with Gasteiger partial charge in [-0.25, -0.2) is 4.57 Å². The summed E-state index contributed by atoms with van der Waals surface area (Å²) in [6.07, 6.45) is 9.06. The maximum Gasteiger partial charge on any atom is 0.426 e. The van der Waals surface area contributed by atoms with E-state index in [-0.39, 0.29) is 19.6 Å². The molecule has 8 heteroatoms. The quantitative estimate of drug-likeness (QED) is 0.239. The summed E-state index contributed by atoms with van der Waals surface area (Å²) in [5.74, 6) is -0.726. The van der Waals surface area contributed by atoms with Gasteiger partial charge in [-0.05, 0) is 19.8 Å². The molecular weight excluding hydrogens is 309 g/mol. The first-order valence-corrected chi connectivity index (χ1v) is 9.62. The second-order valence-electron chi connectivity index (χ2n) is 5.33. The molecule has 0 aliphatic rings. The van der Waals surface area contributed by atoms with Gasteiger partial charge in [-0.1, -0.05) is 49.8 Å². The highest BCUT2D eigenvalue weighted by atomic mass is 31.2. The lowest BCUT2D eigenvalue weighted by atomic mass is 10.1. The Morgan fingerprint density at radius 1 is 0.955 bits per heavy atom. The van der Waals surface area contributed by atoms with Crippen molar-refractivity contribution in [2.45, 2.75) is 71.1 Å². The van der Waals surface area contributed by atoms with Crippen molar-refractivity contribution < 1.29 is 29.1 Å². The van der Waals surface area contributed by atoms with Crippen LogP contribution in [-0.2, 0) is 14.2 Å². The second-order valence-corrected chi connectivity index (χ2v) is 6.81. The predicted molar refractivity (Wildman–Crippen MR) is 84.2 cm³/mol. The third-order valence-electron chi connectivity index (χ3n) is 3.31. The molecule has 0 aromatic heterocycles. The zero-order valence-corrected chi connectivity index (χ0v) is 14.3. The van der Waals surface area contributed by atoms with E-state index < -0.39 is 13.7 Å². The van der Waals surface area contributed by atoms with Crippen molar-refractivity contribution in [1.82, 2.24) is 4.83 Å². The van der Waals surface area contributed by atoms with Crippen LogP contribution in [0.1, 0.15) is 71.1 Å². The van der Waals surface area contributed by atoms with Gasteiger partial charge in [0.1, 0.15) is 0 Å². The monoisotopic (exact) mass is 339 g/mol. The zero-order valence-electron chi connectivity index (χ0n) is 13.4. The average Bonchev–Trinajstić information content (AvgIpc) is 2.42. The van der Waals surface area contributed by atoms with Crippen molar-refractivity contribution in [2.75, 3.05) is 13.2 Å². The number of hydroxylamine groups is 1. The summed E-state index contributed by atoms with van der Waals surface area (Å²) in [5, 5.41) is 8.50. The van der Waals surface area contributed by atoms with E-state index in [1.165, 1.54) is 0 Å². The van der Waals surface area contributed by atoms with Crippen LogP contribution < -0.4 is 0 Å². The molecule has 3 N–H and O–H groups in total. The van der Waals surface area contributed by atoms with Crippen LogP contribution in [0.15, 0.2) is 0 Å². The Balaban J connectivity index is 3.42. The smallest absolute Gasteiger partial charge is 0.426 e. The van der Waals surface area contributed by atoms with Crippen LogP contribution in [0, 0.1) is 0 Å². The molecule has 0 atom stereocenters. The van der Waals surface area contributed by atoms with E-state index in [4.69, 9.17) is 19.7 Å². The molecule has 0 aromatic rings. The lowest BCUT2D eigenvalue weighted by Gasteiger charge is -2.21. The highest BCUT2D eigenvalue weighted by Crippen LogP contribution is 2.40. The van der Waals surface area contributed by atoms with E-state index in [2.05, 4.69) is 0 Å². The van der Waals surface area contributed by atoms with Crippen LogP contribution in [0.5, 0.6) is 0 Å². The molecular formula is C14H30NO6P. The predicted octanol–water partition coefficient (Wildman–Crippen LogP) is 3.32. The van der Waals surface area contributed by atoms with E-state index in [1.54, 1.807) is 6.92 Å². The number of carboxylic acids is 1. The van der Waals surface area contributed by atoms with Gasteiger partial charge in [0, 0.05) is 13.0 Å². The molecule has 0 heterocycles. The molecule has 0 saturated carbocycles. The molecule has 0 spiro atoms. The minimum atomic E-state index is -4.31. The van der Waals surface area contributed by atoms with Gasteiger partial charge in [0.2, 0.25) is 0 Å². The van der Waals surface area contributed by atoms with Gasteiger partial charge in [0.15, 0.2) is 0 Å². The van der Waals surface area contributed by atoms with Gasteiger partial charge in [-0.3, -0.25) is 9.63 Å². The van der Waals surface area contributed by atoms with Gasteiger partial charge >= 0.3 is 13.7 Å². The first kappa shape index (κ1) is 21.5. The van der Waals surface area contributed by atoms with E-state index in [9.17, 15) is 9.36 Å². The summed E-state index contributed by atoms with van der Waals surface area (Å²) in [6.45, 7) is 2.18. The Labute approximate surface area is 132 Å². The van der Waals surface area contributed by atoms with Crippen molar-refractivity contribution in [1.29, 1.82) is 0 Å². The minimum Gasteiger partial charge on any atom is -0.481 e. The Kier molecular flexibility index (Phi) is 12.8. The summed E-state index contributed by atoms with van der Waals surface area (Å²) >= 11 is 0. The highest BCUT2D eigenvalue weighted by molar-refractivity contribution is 7.48. The third-order valence-corrected chi connectivity index (χ3v) is 4.21. The minimum absolute atomic E-state index is 0.243. The van der Waals surface area contributed by atoms with Crippen LogP contribution in [0.2, 0.25) is 0 Å². The summed E-state index contributed by atoms with van der Waals surface area (Å²) < 4.78 is 11.1. The van der Waals surface area contributed by atoms with Gasteiger partial charge in [0.25, 0.3) is 0 Å². The largest absolute Gasteiger partial charge is 0.481 e. The average molecular weight is 339 g/mol. The van der Waals surface area contributed by atoms with E-state index in [0.717, 1.165) is 56.2 Å². The van der Waals surface area contributed by atoms with Crippen molar-refractivity contribution in [3.8, 4) is 0 Å². The molecule has 0 aliphatic carbocycles. The van der Waals surface area contributed by atoms with Crippen LogP contribution in [-0.4, -0.2) is 38.8 Å². The Morgan fingerprint density at radius 2 is 1.41 bits per heavy atom. The topological polar surface area (TPSA) is 107 Å². The summed E-state index contributed by atoms with van der Waals surface area (Å²) in [7, 11) is -4.31.